The van der Waals surface area contributed by atoms with Gasteiger partial charge in [0.05, 0.1) is 5.92 Å². The van der Waals surface area contributed by atoms with Crippen LogP contribution in [0.3, 0.4) is 0 Å². The highest BCUT2D eigenvalue weighted by Gasteiger charge is 2.32. The van der Waals surface area contributed by atoms with E-state index in [1.807, 2.05) is 4.90 Å². The van der Waals surface area contributed by atoms with Crippen molar-refractivity contribution in [3.05, 3.63) is 0 Å². The third-order valence-electron chi connectivity index (χ3n) is 4.30. The largest absolute Gasteiger partial charge is 0.481 e. The first kappa shape index (κ1) is 13.3. The number of aliphatic carboxylic acids is 1. The molecule has 18 heavy (non-hydrogen) atoms. The van der Waals surface area contributed by atoms with E-state index in [-0.39, 0.29) is 11.8 Å². The van der Waals surface area contributed by atoms with Gasteiger partial charge in [-0.1, -0.05) is 0 Å². The van der Waals surface area contributed by atoms with Gasteiger partial charge in [-0.25, -0.2) is 0 Å². The number of amides is 1. The fourth-order valence-corrected chi connectivity index (χ4v) is 3.09. The van der Waals surface area contributed by atoms with Gasteiger partial charge in [0.15, 0.2) is 0 Å². The predicted molar refractivity (Wildman–Crippen MR) is 66.8 cm³/mol. The molecule has 0 spiro atoms. The topological polar surface area (TPSA) is 83.6 Å². The third-order valence-corrected chi connectivity index (χ3v) is 4.30. The highest BCUT2D eigenvalue weighted by Crippen LogP contribution is 2.30. The van der Waals surface area contributed by atoms with Crippen molar-refractivity contribution in [2.45, 2.75) is 32.1 Å². The van der Waals surface area contributed by atoms with Crippen LogP contribution in [0.4, 0.5) is 0 Å². The Kier molecular flexibility index (Phi) is 4.22. The Morgan fingerprint density at radius 1 is 1.28 bits per heavy atom. The molecule has 1 saturated heterocycles. The van der Waals surface area contributed by atoms with Crippen LogP contribution in [0.2, 0.25) is 0 Å². The van der Waals surface area contributed by atoms with E-state index in [2.05, 4.69) is 0 Å². The summed E-state index contributed by atoms with van der Waals surface area (Å²) in [5.41, 5.74) is 5.60. The number of rotatable bonds is 4. The minimum atomic E-state index is -0.672. The molecule has 1 atom stereocenters. The Hall–Kier alpha value is -1.10. The van der Waals surface area contributed by atoms with Crippen LogP contribution in [0.5, 0.6) is 0 Å². The standard InChI is InChI=1S/C13H22N2O3/c14-6-10-5-12(16)15(8-10)7-9-1-3-11(4-2-9)13(17)18/h9-11H,1-8,14H2,(H,17,18). The van der Waals surface area contributed by atoms with E-state index in [0.717, 1.165) is 38.8 Å². The summed E-state index contributed by atoms with van der Waals surface area (Å²) in [6.45, 7) is 2.16. The Morgan fingerprint density at radius 3 is 2.44 bits per heavy atom. The molecular formula is C13H22N2O3. The fourth-order valence-electron chi connectivity index (χ4n) is 3.09. The molecule has 2 fully saturated rings. The summed E-state index contributed by atoms with van der Waals surface area (Å²) in [6, 6.07) is 0. The first-order valence-electron chi connectivity index (χ1n) is 6.80. The number of likely N-dealkylation sites (tertiary alicyclic amines) is 1. The molecule has 1 heterocycles. The molecule has 0 radical (unpaired) electrons. The zero-order valence-corrected chi connectivity index (χ0v) is 10.7. The molecule has 1 amide bonds. The number of carboxylic acid groups (broad SMARTS) is 1. The van der Waals surface area contributed by atoms with Crippen LogP contribution in [0.1, 0.15) is 32.1 Å². The lowest BCUT2D eigenvalue weighted by Gasteiger charge is -2.29. The summed E-state index contributed by atoms with van der Waals surface area (Å²) in [6.07, 6.45) is 3.94. The Labute approximate surface area is 107 Å². The van der Waals surface area contributed by atoms with Crippen LogP contribution in [0, 0.1) is 17.8 Å². The second kappa shape index (κ2) is 5.69. The van der Waals surface area contributed by atoms with E-state index < -0.39 is 5.97 Å². The highest BCUT2D eigenvalue weighted by atomic mass is 16.4. The number of carbonyl (C=O) groups is 2. The normalized spacial score (nSPS) is 32.8. The molecule has 2 rings (SSSR count). The maximum atomic E-state index is 11.8. The minimum absolute atomic E-state index is 0.174. The van der Waals surface area contributed by atoms with E-state index >= 15 is 0 Å². The van der Waals surface area contributed by atoms with E-state index in [9.17, 15) is 9.59 Å². The summed E-state index contributed by atoms with van der Waals surface area (Å²) in [4.78, 5) is 24.5. The summed E-state index contributed by atoms with van der Waals surface area (Å²) < 4.78 is 0. The summed E-state index contributed by atoms with van der Waals surface area (Å²) in [5, 5.41) is 8.94. The van der Waals surface area contributed by atoms with Crippen molar-refractivity contribution in [1.82, 2.24) is 4.90 Å². The van der Waals surface area contributed by atoms with Crippen LogP contribution in [-0.4, -0.2) is 41.5 Å². The quantitative estimate of drug-likeness (QED) is 0.773. The minimum Gasteiger partial charge on any atom is -0.481 e. The molecule has 0 aromatic rings. The molecule has 1 unspecified atom stereocenters. The van der Waals surface area contributed by atoms with Crippen LogP contribution in [-0.2, 0) is 9.59 Å². The zero-order chi connectivity index (χ0) is 13.1. The van der Waals surface area contributed by atoms with Gasteiger partial charge in [-0.15, -0.1) is 0 Å². The lowest BCUT2D eigenvalue weighted by Crippen LogP contribution is -2.34. The highest BCUT2D eigenvalue weighted by molar-refractivity contribution is 5.78. The lowest BCUT2D eigenvalue weighted by atomic mass is 9.82. The second-order valence-corrected chi connectivity index (χ2v) is 5.66. The van der Waals surface area contributed by atoms with Crippen LogP contribution in [0.15, 0.2) is 0 Å². The first-order chi connectivity index (χ1) is 8.60. The van der Waals surface area contributed by atoms with Crippen LogP contribution < -0.4 is 5.73 Å². The molecule has 5 nitrogen and oxygen atoms in total. The maximum Gasteiger partial charge on any atom is 0.306 e. The first-order valence-corrected chi connectivity index (χ1v) is 6.80. The van der Waals surface area contributed by atoms with Gasteiger partial charge in [-0.05, 0) is 44.1 Å². The van der Waals surface area contributed by atoms with Crippen molar-refractivity contribution < 1.29 is 14.7 Å². The Bertz CT molecular complexity index is 324. The van der Waals surface area contributed by atoms with E-state index in [1.165, 1.54) is 0 Å². The maximum absolute atomic E-state index is 11.8. The van der Waals surface area contributed by atoms with Gasteiger partial charge in [-0.2, -0.15) is 0 Å². The van der Waals surface area contributed by atoms with Crippen LogP contribution >= 0.6 is 0 Å². The molecule has 1 saturated carbocycles. The molecule has 0 bridgehead atoms. The van der Waals surface area contributed by atoms with Crippen molar-refractivity contribution >= 4 is 11.9 Å². The number of nitrogens with zero attached hydrogens (tertiary/aromatic N) is 1. The molecule has 0 aromatic heterocycles. The fraction of sp³-hybridized carbons (Fsp3) is 0.846. The van der Waals surface area contributed by atoms with Crippen LogP contribution in [0.25, 0.3) is 0 Å². The van der Waals surface area contributed by atoms with Gasteiger partial charge >= 0.3 is 5.97 Å². The smallest absolute Gasteiger partial charge is 0.306 e. The van der Waals surface area contributed by atoms with Gasteiger partial charge in [0, 0.05) is 19.5 Å². The monoisotopic (exact) mass is 254 g/mol. The number of hydrogen-bond acceptors (Lipinski definition) is 3. The predicted octanol–water partition coefficient (Wildman–Crippen LogP) is 0.685. The Balaban J connectivity index is 1.78. The molecular weight excluding hydrogens is 232 g/mol. The average molecular weight is 254 g/mol. The molecule has 5 heteroatoms. The van der Waals surface area contributed by atoms with Gasteiger partial charge in [0.1, 0.15) is 0 Å². The van der Waals surface area contributed by atoms with Crippen molar-refractivity contribution in [3.63, 3.8) is 0 Å². The second-order valence-electron chi connectivity index (χ2n) is 5.66. The van der Waals surface area contributed by atoms with Gasteiger partial charge in [-0.3, -0.25) is 9.59 Å². The molecule has 1 aliphatic carbocycles. The van der Waals surface area contributed by atoms with E-state index in [4.69, 9.17) is 10.8 Å². The molecule has 1 aliphatic heterocycles. The molecule has 0 aromatic carbocycles. The summed E-state index contributed by atoms with van der Waals surface area (Å²) >= 11 is 0. The number of hydrogen-bond donors (Lipinski definition) is 2. The summed E-state index contributed by atoms with van der Waals surface area (Å²) in [7, 11) is 0. The molecule has 3 N–H and O–H groups in total. The third kappa shape index (κ3) is 3.02. The van der Waals surface area contributed by atoms with Crippen molar-refractivity contribution in [2.75, 3.05) is 19.6 Å². The molecule has 102 valence electrons. The molecule has 2 aliphatic rings. The average Bonchev–Trinajstić information content (AvgIpc) is 2.71. The zero-order valence-electron chi connectivity index (χ0n) is 10.7. The summed E-state index contributed by atoms with van der Waals surface area (Å²) in [5.74, 6) is 0.154. The van der Waals surface area contributed by atoms with Crippen molar-refractivity contribution in [3.8, 4) is 0 Å². The van der Waals surface area contributed by atoms with E-state index in [1.54, 1.807) is 0 Å². The van der Waals surface area contributed by atoms with Gasteiger partial charge in [0.2, 0.25) is 5.91 Å². The van der Waals surface area contributed by atoms with Gasteiger partial charge in [0.25, 0.3) is 0 Å². The SMILES string of the molecule is NCC1CC(=O)N(CC2CCC(C(=O)O)CC2)C1. The van der Waals surface area contributed by atoms with Crippen molar-refractivity contribution in [2.24, 2.45) is 23.5 Å². The number of carbonyl (C=O) groups excluding carboxylic acids is 1. The van der Waals surface area contributed by atoms with Crippen molar-refractivity contribution in [1.29, 1.82) is 0 Å². The van der Waals surface area contributed by atoms with E-state index in [0.29, 0.717) is 24.8 Å². The lowest BCUT2D eigenvalue weighted by molar-refractivity contribution is -0.143. The number of nitrogens with two attached hydrogens (primary N) is 1. The van der Waals surface area contributed by atoms with Gasteiger partial charge < -0.3 is 15.7 Å². The number of carboxylic acids is 1. The Morgan fingerprint density at radius 2 is 1.94 bits per heavy atom.